The van der Waals surface area contributed by atoms with Gasteiger partial charge in [-0.05, 0) is 31.4 Å². The second-order valence-corrected chi connectivity index (χ2v) is 5.18. The lowest BCUT2D eigenvalue weighted by atomic mass is 10.2. The fourth-order valence-electron chi connectivity index (χ4n) is 1.49. The normalized spacial score (nSPS) is 13.8. The number of nitrogens with one attached hydrogen (secondary N) is 1. The number of thioether (sulfide) groups is 1. The molecule has 2 unspecified atom stereocenters. The van der Waals surface area contributed by atoms with Crippen LogP contribution in [0.4, 0.5) is 5.69 Å². The van der Waals surface area contributed by atoms with Crippen molar-refractivity contribution >= 4 is 29.1 Å². The zero-order chi connectivity index (χ0) is 12.8. The number of benzene rings is 1. The molecule has 0 fully saturated rings. The van der Waals surface area contributed by atoms with Gasteiger partial charge in [0.2, 0.25) is 0 Å². The predicted octanol–water partition coefficient (Wildman–Crippen LogP) is 2.74. The van der Waals surface area contributed by atoms with Crippen molar-refractivity contribution in [3.63, 3.8) is 0 Å². The third-order valence-electron chi connectivity index (χ3n) is 2.52. The molecule has 1 rings (SSSR count). The average Bonchev–Trinajstić information content (AvgIpc) is 2.31. The van der Waals surface area contributed by atoms with Crippen LogP contribution < -0.4 is 5.32 Å². The quantitative estimate of drug-likeness (QED) is 0.864. The number of aliphatic hydroxyl groups is 1. The number of rotatable bonds is 5. The number of hydrogen-bond donors (Lipinski definition) is 2. The van der Waals surface area contributed by atoms with Crippen LogP contribution in [0.5, 0.6) is 0 Å². The van der Waals surface area contributed by atoms with Gasteiger partial charge < -0.3 is 10.4 Å². The highest BCUT2D eigenvalue weighted by atomic mass is 35.5. The van der Waals surface area contributed by atoms with Crippen molar-refractivity contribution in [1.82, 2.24) is 0 Å². The summed E-state index contributed by atoms with van der Waals surface area (Å²) in [6.45, 7) is 2.13. The Labute approximate surface area is 111 Å². The molecular weight excluding hydrogens is 256 g/mol. The zero-order valence-corrected chi connectivity index (χ0v) is 11.3. The molecule has 0 radical (unpaired) electrons. The molecule has 0 aliphatic heterocycles. The first-order valence-electron chi connectivity index (χ1n) is 5.22. The van der Waals surface area contributed by atoms with E-state index in [0.717, 1.165) is 5.69 Å². The molecular formula is C12H15ClN2OS. The minimum atomic E-state index is 0.124. The van der Waals surface area contributed by atoms with E-state index in [-0.39, 0.29) is 17.9 Å². The highest BCUT2D eigenvalue weighted by molar-refractivity contribution is 7.99. The number of anilines is 1. The molecule has 0 saturated heterocycles. The largest absolute Gasteiger partial charge is 0.395 e. The molecule has 17 heavy (non-hydrogen) atoms. The van der Waals surface area contributed by atoms with Gasteiger partial charge in [0, 0.05) is 17.0 Å². The Morgan fingerprint density at radius 1 is 1.59 bits per heavy atom. The molecule has 0 aromatic heterocycles. The summed E-state index contributed by atoms with van der Waals surface area (Å²) in [5.74, 6) is 0. The van der Waals surface area contributed by atoms with Crippen LogP contribution in [-0.2, 0) is 0 Å². The molecule has 2 N–H and O–H groups in total. The Hall–Kier alpha value is -0.890. The van der Waals surface area contributed by atoms with Crippen LogP contribution in [0.2, 0.25) is 5.02 Å². The van der Waals surface area contributed by atoms with E-state index in [1.807, 2.05) is 25.3 Å². The number of nitriles is 1. The van der Waals surface area contributed by atoms with Crippen LogP contribution in [-0.4, -0.2) is 29.3 Å². The van der Waals surface area contributed by atoms with Crippen molar-refractivity contribution < 1.29 is 5.11 Å². The molecule has 0 amide bonds. The van der Waals surface area contributed by atoms with Gasteiger partial charge in [0.1, 0.15) is 6.07 Å². The van der Waals surface area contributed by atoms with E-state index in [4.69, 9.17) is 16.9 Å². The Balaban J connectivity index is 2.76. The molecule has 92 valence electrons. The van der Waals surface area contributed by atoms with Crippen LogP contribution in [0, 0.1) is 11.3 Å². The third kappa shape index (κ3) is 3.81. The smallest absolute Gasteiger partial charge is 0.101 e. The minimum absolute atomic E-state index is 0.124. The lowest BCUT2D eigenvalue weighted by molar-refractivity contribution is 0.288. The van der Waals surface area contributed by atoms with E-state index in [9.17, 15) is 5.11 Å². The second-order valence-electron chi connectivity index (χ2n) is 3.70. The maximum Gasteiger partial charge on any atom is 0.101 e. The summed E-state index contributed by atoms with van der Waals surface area (Å²) in [5, 5.41) is 21.8. The van der Waals surface area contributed by atoms with E-state index < -0.39 is 0 Å². The van der Waals surface area contributed by atoms with Crippen molar-refractivity contribution in [3.8, 4) is 6.07 Å². The van der Waals surface area contributed by atoms with Crippen molar-refractivity contribution in [2.75, 3.05) is 18.2 Å². The summed E-state index contributed by atoms with van der Waals surface area (Å²) < 4.78 is 0. The van der Waals surface area contributed by atoms with Gasteiger partial charge in [0.15, 0.2) is 0 Å². The lowest BCUT2D eigenvalue weighted by Crippen LogP contribution is -2.30. The van der Waals surface area contributed by atoms with Crippen molar-refractivity contribution in [3.05, 3.63) is 28.8 Å². The van der Waals surface area contributed by atoms with Gasteiger partial charge in [0.25, 0.3) is 0 Å². The molecule has 0 saturated carbocycles. The highest BCUT2D eigenvalue weighted by Gasteiger charge is 2.15. The summed E-state index contributed by atoms with van der Waals surface area (Å²) in [6.07, 6.45) is 1.96. The van der Waals surface area contributed by atoms with Crippen LogP contribution >= 0.6 is 23.4 Å². The molecule has 0 bridgehead atoms. The molecule has 3 nitrogen and oxygen atoms in total. The van der Waals surface area contributed by atoms with E-state index in [1.54, 1.807) is 23.9 Å². The Morgan fingerprint density at radius 3 is 2.76 bits per heavy atom. The van der Waals surface area contributed by atoms with Gasteiger partial charge in [-0.1, -0.05) is 11.6 Å². The summed E-state index contributed by atoms with van der Waals surface area (Å²) in [5.41, 5.74) is 1.32. The molecule has 1 aromatic carbocycles. The van der Waals surface area contributed by atoms with Gasteiger partial charge in [-0.3, -0.25) is 0 Å². The molecule has 0 aliphatic carbocycles. The second kappa shape index (κ2) is 6.75. The summed E-state index contributed by atoms with van der Waals surface area (Å²) in [7, 11) is 0. The van der Waals surface area contributed by atoms with E-state index in [0.29, 0.717) is 10.6 Å². The van der Waals surface area contributed by atoms with Crippen molar-refractivity contribution in [1.29, 1.82) is 5.26 Å². The van der Waals surface area contributed by atoms with Gasteiger partial charge in [-0.2, -0.15) is 17.0 Å². The van der Waals surface area contributed by atoms with Crippen LogP contribution in [0.25, 0.3) is 0 Å². The van der Waals surface area contributed by atoms with E-state index >= 15 is 0 Å². The zero-order valence-electron chi connectivity index (χ0n) is 9.77. The Morgan fingerprint density at radius 2 is 2.29 bits per heavy atom. The lowest BCUT2D eigenvalue weighted by Gasteiger charge is -2.22. The SMILES string of the molecule is CSC(CO)C(C)Nc1ccc(C#N)c(Cl)c1. The predicted molar refractivity (Wildman–Crippen MR) is 73.6 cm³/mol. The van der Waals surface area contributed by atoms with E-state index in [2.05, 4.69) is 5.32 Å². The molecule has 1 aromatic rings. The molecule has 0 spiro atoms. The van der Waals surface area contributed by atoms with Crippen molar-refractivity contribution in [2.45, 2.75) is 18.2 Å². The highest BCUT2D eigenvalue weighted by Crippen LogP contribution is 2.22. The van der Waals surface area contributed by atoms with Gasteiger partial charge in [-0.25, -0.2) is 0 Å². The molecule has 2 atom stereocenters. The number of aliphatic hydroxyl groups excluding tert-OH is 1. The monoisotopic (exact) mass is 270 g/mol. The Bertz CT molecular complexity index is 415. The van der Waals surface area contributed by atoms with Crippen LogP contribution in [0.3, 0.4) is 0 Å². The fourth-order valence-corrected chi connectivity index (χ4v) is 2.34. The molecule has 0 aliphatic rings. The first-order chi connectivity index (χ1) is 8.12. The van der Waals surface area contributed by atoms with Crippen LogP contribution in [0.1, 0.15) is 12.5 Å². The van der Waals surface area contributed by atoms with E-state index in [1.165, 1.54) is 0 Å². The molecule has 5 heteroatoms. The van der Waals surface area contributed by atoms with Crippen LogP contribution in [0.15, 0.2) is 18.2 Å². The third-order valence-corrected chi connectivity index (χ3v) is 4.00. The summed E-state index contributed by atoms with van der Waals surface area (Å²) in [4.78, 5) is 0. The topological polar surface area (TPSA) is 56.0 Å². The summed E-state index contributed by atoms with van der Waals surface area (Å²) >= 11 is 7.55. The first kappa shape index (κ1) is 14.2. The minimum Gasteiger partial charge on any atom is -0.395 e. The maximum absolute atomic E-state index is 9.18. The number of nitrogens with zero attached hydrogens (tertiary/aromatic N) is 1. The van der Waals surface area contributed by atoms with Gasteiger partial charge in [0.05, 0.1) is 17.2 Å². The van der Waals surface area contributed by atoms with Gasteiger partial charge in [-0.15, -0.1) is 0 Å². The Kier molecular flexibility index (Phi) is 5.63. The first-order valence-corrected chi connectivity index (χ1v) is 6.88. The maximum atomic E-state index is 9.18. The molecule has 0 heterocycles. The van der Waals surface area contributed by atoms with Crippen molar-refractivity contribution in [2.24, 2.45) is 0 Å². The number of hydrogen-bond acceptors (Lipinski definition) is 4. The summed E-state index contributed by atoms with van der Waals surface area (Å²) in [6, 6.07) is 7.37. The average molecular weight is 271 g/mol. The number of halogens is 1. The standard InChI is InChI=1S/C12H15ClN2OS/c1-8(12(7-16)17-2)15-10-4-3-9(6-14)11(13)5-10/h3-5,8,12,15-16H,7H2,1-2H3. The van der Waals surface area contributed by atoms with Gasteiger partial charge >= 0.3 is 0 Å². The fraction of sp³-hybridized carbons (Fsp3) is 0.417.